The molecule has 0 saturated heterocycles. The Morgan fingerprint density at radius 3 is 1.72 bits per heavy atom. The summed E-state index contributed by atoms with van der Waals surface area (Å²) in [6.45, 7) is 2.15. The van der Waals surface area contributed by atoms with Crippen molar-refractivity contribution in [2.75, 3.05) is 42.5 Å². The van der Waals surface area contributed by atoms with E-state index in [-0.39, 0.29) is 30.0 Å². The number of carbonyl (C=O) groups is 2. The van der Waals surface area contributed by atoms with Gasteiger partial charge in [-0.15, -0.1) is 0 Å². The monoisotopic (exact) mass is 790 g/mol. The molecule has 58 heavy (non-hydrogen) atoms. The molecule has 3 saturated carbocycles. The van der Waals surface area contributed by atoms with Crippen molar-refractivity contribution in [1.29, 1.82) is 0 Å². The van der Waals surface area contributed by atoms with Gasteiger partial charge in [-0.05, 0) is 68.7 Å². The maximum Gasteiger partial charge on any atom is 0.257 e. The number of fused-ring (bicyclic) bond motifs is 2. The number of nitrogens with one attached hydrogen (secondary N) is 6. The number of nitrogens with zero attached hydrogens (tertiary/aromatic N) is 8. The fourth-order valence-electron chi connectivity index (χ4n) is 6.60. The number of rotatable bonds is 13. The second kappa shape index (κ2) is 16.4. The van der Waals surface area contributed by atoms with E-state index in [1.54, 1.807) is 46.8 Å². The number of aromatic nitrogens is 8. The van der Waals surface area contributed by atoms with Crippen LogP contribution in [0.5, 0.6) is 11.8 Å². The number of aliphatic hydroxyl groups is 1. The molecular formula is C39H46N14O5. The predicted octanol–water partition coefficient (Wildman–Crippen LogP) is 4.15. The average molecular weight is 791 g/mol. The fourth-order valence-corrected chi connectivity index (χ4v) is 6.60. The Labute approximate surface area is 333 Å². The van der Waals surface area contributed by atoms with Crippen LogP contribution in [0, 0.1) is 5.92 Å². The Balaban J connectivity index is 0.000000162. The summed E-state index contributed by atoms with van der Waals surface area (Å²) >= 11 is 0. The van der Waals surface area contributed by atoms with Crippen LogP contribution in [0.15, 0.2) is 61.2 Å². The Morgan fingerprint density at radius 2 is 1.28 bits per heavy atom. The van der Waals surface area contributed by atoms with Crippen LogP contribution >= 0.6 is 0 Å². The number of ether oxygens (including phenoxy) is 2. The van der Waals surface area contributed by atoms with Gasteiger partial charge in [0.05, 0.1) is 31.6 Å². The van der Waals surface area contributed by atoms with Gasteiger partial charge in [0.15, 0.2) is 11.3 Å². The van der Waals surface area contributed by atoms with E-state index >= 15 is 0 Å². The predicted molar refractivity (Wildman–Crippen MR) is 216 cm³/mol. The average Bonchev–Trinajstić information content (AvgIpc) is 3.79. The molecule has 0 unspecified atom stereocenters. The first kappa shape index (κ1) is 38.1. The van der Waals surface area contributed by atoms with Gasteiger partial charge in [-0.25, -0.2) is 19.9 Å². The standard InChI is InChI=1S/C21H25N7O2.C18H21N7O3/c1-12-5-8-15(12)26-20(29)14-11-24-28-18(22-2)10-17(27-19(14)28)25-16-4-3-9-23-21(16)30-13-6-7-13;1-19-15-8-14(22-12-4-3-7-20-18(12)28-2)24-16-10(9-21-25(15)16)17(27)23-11-5-6-13(11)26/h3-4,9-13,15,22H,5-8H2,1-2H3,(H,25,27)(H,26,29);3-4,7-9,11,13,19,26H,5-6H2,1-2H3,(H,22,24)(H,23,27)/t12-,15-;11-,13-/m01/s1. The van der Waals surface area contributed by atoms with Crippen LogP contribution in [-0.2, 0) is 0 Å². The summed E-state index contributed by atoms with van der Waals surface area (Å²) in [5, 5.41) is 36.9. The molecule has 302 valence electrons. The van der Waals surface area contributed by atoms with Crippen molar-refractivity contribution in [1.82, 2.24) is 49.8 Å². The van der Waals surface area contributed by atoms with Gasteiger partial charge in [0, 0.05) is 44.7 Å². The number of methoxy groups -OCH3 is 1. The summed E-state index contributed by atoms with van der Waals surface area (Å²) in [7, 11) is 5.11. The van der Waals surface area contributed by atoms with E-state index in [1.807, 2.05) is 31.3 Å². The van der Waals surface area contributed by atoms with Gasteiger partial charge < -0.3 is 46.5 Å². The molecule has 3 fully saturated rings. The molecule has 6 aromatic rings. The second-order valence-corrected chi connectivity index (χ2v) is 14.5. The summed E-state index contributed by atoms with van der Waals surface area (Å²) in [6, 6.07) is 10.9. The first-order valence-corrected chi connectivity index (χ1v) is 19.3. The molecule has 6 aromatic heterocycles. The zero-order valence-electron chi connectivity index (χ0n) is 32.6. The van der Waals surface area contributed by atoms with Crippen molar-refractivity contribution < 1.29 is 24.2 Å². The van der Waals surface area contributed by atoms with Crippen LogP contribution in [0.3, 0.4) is 0 Å². The minimum Gasteiger partial charge on any atom is -0.480 e. The molecule has 9 rings (SSSR count). The number of hydrogen-bond acceptors (Lipinski definition) is 15. The van der Waals surface area contributed by atoms with E-state index in [0.717, 1.165) is 37.8 Å². The topological polar surface area (TPSA) is 231 Å². The third kappa shape index (κ3) is 7.93. The highest BCUT2D eigenvalue weighted by Gasteiger charge is 2.32. The van der Waals surface area contributed by atoms with Crippen LogP contribution in [0.1, 0.15) is 66.2 Å². The van der Waals surface area contributed by atoms with Crippen LogP contribution in [0.2, 0.25) is 0 Å². The molecule has 3 aliphatic rings. The lowest BCUT2D eigenvalue weighted by Gasteiger charge is -2.34. The Morgan fingerprint density at radius 1 is 0.741 bits per heavy atom. The fraction of sp³-hybridized carbons (Fsp3) is 0.385. The lowest BCUT2D eigenvalue weighted by atomic mass is 9.81. The number of amides is 2. The molecule has 6 heterocycles. The molecular weight excluding hydrogens is 745 g/mol. The maximum atomic E-state index is 12.8. The number of anilines is 6. The van der Waals surface area contributed by atoms with Crippen molar-refractivity contribution in [3.05, 3.63) is 72.3 Å². The molecule has 2 amide bonds. The first-order chi connectivity index (χ1) is 28.2. The number of hydrogen-bond donors (Lipinski definition) is 7. The summed E-state index contributed by atoms with van der Waals surface area (Å²) in [4.78, 5) is 43.2. The number of carbonyl (C=O) groups excluding carboxylic acids is 2. The zero-order valence-corrected chi connectivity index (χ0v) is 32.6. The third-order valence-corrected chi connectivity index (χ3v) is 10.5. The van der Waals surface area contributed by atoms with Gasteiger partial charge >= 0.3 is 0 Å². The van der Waals surface area contributed by atoms with Gasteiger partial charge in [-0.3, -0.25) is 9.59 Å². The quantitative estimate of drug-likeness (QED) is 0.0871. The summed E-state index contributed by atoms with van der Waals surface area (Å²) in [5.41, 5.74) is 3.04. The molecule has 4 atom stereocenters. The molecule has 0 radical (unpaired) electrons. The lowest BCUT2D eigenvalue weighted by molar-refractivity contribution is 0.0448. The highest BCUT2D eigenvalue weighted by molar-refractivity contribution is 6.01. The van der Waals surface area contributed by atoms with E-state index in [4.69, 9.17) is 9.47 Å². The number of aliphatic hydroxyl groups excluding tert-OH is 1. The minimum absolute atomic E-state index is 0.146. The molecule has 19 nitrogen and oxygen atoms in total. The first-order valence-electron chi connectivity index (χ1n) is 19.3. The molecule has 0 bridgehead atoms. The lowest BCUT2D eigenvalue weighted by Crippen LogP contribution is -2.50. The summed E-state index contributed by atoms with van der Waals surface area (Å²) < 4.78 is 14.3. The van der Waals surface area contributed by atoms with E-state index < -0.39 is 6.10 Å². The smallest absolute Gasteiger partial charge is 0.257 e. The van der Waals surface area contributed by atoms with E-state index in [2.05, 4.69) is 69.0 Å². The van der Waals surface area contributed by atoms with E-state index in [1.165, 1.54) is 13.3 Å². The zero-order chi connectivity index (χ0) is 40.3. The second-order valence-electron chi connectivity index (χ2n) is 14.5. The summed E-state index contributed by atoms with van der Waals surface area (Å²) in [5.74, 6) is 3.47. The normalized spacial score (nSPS) is 19.5. The Kier molecular flexibility index (Phi) is 10.8. The number of pyridine rings is 2. The third-order valence-electron chi connectivity index (χ3n) is 10.5. The molecule has 19 heteroatoms. The van der Waals surface area contributed by atoms with Crippen LogP contribution in [0.25, 0.3) is 11.3 Å². The van der Waals surface area contributed by atoms with Crippen molar-refractivity contribution in [2.24, 2.45) is 5.92 Å². The van der Waals surface area contributed by atoms with E-state index in [9.17, 15) is 14.7 Å². The molecule has 7 N–H and O–H groups in total. The van der Waals surface area contributed by atoms with Crippen molar-refractivity contribution in [3.8, 4) is 11.8 Å². The van der Waals surface area contributed by atoms with E-state index in [0.29, 0.717) is 75.5 Å². The SMILES string of the molecule is CNc1cc(Nc2cccnc2OC)nc2c(C(=O)N[C@@H]3CC[C@H]3O)cnn12.CNc1cc(Nc2cccnc2OC2CC2)nc2c(C(=O)N[C@H]3CC[C@@H]3C)cnn12. The van der Waals surface area contributed by atoms with Gasteiger partial charge in [0.2, 0.25) is 11.8 Å². The minimum atomic E-state index is -0.498. The van der Waals surface area contributed by atoms with Crippen LogP contribution in [-0.4, -0.2) is 102 Å². The maximum absolute atomic E-state index is 12.8. The Bertz CT molecular complexity index is 2450. The molecule has 0 aromatic carbocycles. The molecule has 3 aliphatic carbocycles. The Hall–Kier alpha value is -6.76. The molecule has 0 aliphatic heterocycles. The van der Waals surface area contributed by atoms with Crippen molar-refractivity contribution in [3.63, 3.8) is 0 Å². The molecule has 0 spiro atoms. The highest BCUT2D eigenvalue weighted by Crippen LogP contribution is 2.33. The van der Waals surface area contributed by atoms with Crippen LogP contribution in [0.4, 0.5) is 34.6 Å². The largest absolute Gasteiger partial charge is 0.480 e. The van der Waals surface area contributed by atoms with Crippen LogP contribution < -0.4 is 41.4 Å². The van der Waals surface area contributed by atoms with Gasteiger partial charge in [0.1, 0.15) is 51.9 Å². The van der Waals surface area contributed by atoms with Gasteiger partial charge in [0.25, 0.3) is 11.8 Å². The highest BCUT2D eigenvalue weighted by atomic mass is 16.5. The summed E-state index contributed by atoms with van der Waals surface area (Å²) in [6.07, 6.45) is 11.8. The van der Waals surface area contributed by atoms with Gasteiger partial charge in [-0.2, -0.15) is 19.2 Å². The van der Waals surface area contributed by atoms with Crippen molar-refractivity contribution >= 4 is 57.8 Å². The van der Waals surface area contributed by atoms with Gasteiger partial charge in [-0.1, -0.05) is 6.92 Å². The van der Waals surface area contributed by atoms with Crippen molar-refractivity contribution in [2.45, 2.75) is 69.7 Å².